The van der Waals surface area contributed by atoms with Crippen molar-refractivity contribution in [3.63, 3.8) is 0 Å². The van der Waals surface area contributed by atoms with Gasteiger partial charge in [0.25, 0.3) is 0 Å². The van der Waals surface area contributed by atoms with E-state index >= 15 is 0 Å². The van der Waals surface area contributed by atoms with Crippen LogP contribution in [-0.2, 0) is 10.3 Å². The molecule has 0 saturated heterocycles. The van der Waals surface area contributed by atoms with Crippen LogP contribution in [-0.4, -0.2) is 23.1 Å². The molecule has 0 aliphatic heterocycles. The minimum atomic E-state index is -0.483. The molecule has 0 spiro atoms. The fraction of sp³-hybridized carbons (Fsp3) is 0.714. The maximum atomic E-state index is 5.76. The largest absolute Gasteiger partial charge is 0.369 e. The molecule has 1 rings (SSSR count). The highest BCUT2D eigenvalue weighted by atomic mass is 79.9. The quantitative estimate of drug-likeness (QED) is 0.854. The summed E-state index contributed by atoms with van der Waals surface area (Å²) in [6.07, 6.45) is 0. The Bertz CT molecular complexity index is 433. The van der Waals surface area contributed by atoms with Crippen LogP contribution in [0.4, 0.5) is 5.82 Å². The van der Waals surface area contributed by atoms with Gasteiger partial charge in [0, 0.05) is 13.2 Å². The van der Waals surface area contributed by atoms with E-state index in [1.54, 1.807) is 0 Å². The molecule has 0 bridgehead atoms. The molecule has 4 nitrogen and oxygen atoms in total. The predicted octanol–water partition coefficient (Wildman–Crippen LogP) is 4.07. The van der Waals surface area contributed by atoms with E-state index < -0.39 is 5.60 Å². The summed E-state index contributed by atoms with van der Waals surface area (Å²) in [6, 6.07) is 0. The Hall–Kier alpha value is -0.680. The zero-order chi connectivity index (χ0) is 14.6. The number of anilines is 1. The first-order valence-corrected chi connectivity index (χ1v) is 7.58. The fourth-order valence-electron chi connectivity index (χ4n) is 1.83. The van der Waals surface area contributed by atoms with Crippen LogP contribution in [0, 0.1) is 0 Å². The molecule has 19 heavy (non-hydrogen) atoms. The third-order valence-electron chi connectivity index (χ3n) is 2.81. The molecule has 0 radical (unpaired) electrons. The van der Waals surface area contributed by atoms with Gasteiger partial charge in [-0.2, -0.15) is 0 Å². The summed E-state index contributed by atoms with van der Waals surface area (Å²) in [4.78, 5) is 9.28. The first-order chi connectivity index (χ1) is 8.83. The van der Waals surface area contributed by atoms with Gasteiger partial charge in [0.2, 0.25) is 0 Å². The van der Waals surface area contributed by atoms with Gasteiger partial charge in [0.05, 0.1) is 10.2 Å². The molecule has 0 atom stereocenters. The highest BCUT2D eigenvalue weighted by Crippen LogP contribution is 2.32. The molecule has 0 saturated carbocycles. The number of aromatic nitrogens is 2. The van der Waals surface area contributed by atoms with Gasteiger partial charge in [-0.3, -0.25) is 0 Å². The number of hydrogen-bond donors (Lipinski definition) is 1. The van der Waals surface area contributed by atoms with Crippen LogP contribution in [0.25, 0.3) is 0 Å². The SMILES string of the molecule is CCNc1nc(C(C)(C)OCC)nc(C(C)C)c1Br. The molecule has 0 aromatic carbocycles. The van der Waals surface area contributed by atoms with Gasteiger partial charge in [0.1, 0.15) is 11.4 Å². The maximum Gasteiger partial charge on any atom is 0.162 e. The molecule has 0 aliphatic rings. The summed E-state index contributed by atoms with van der Waals surface area (Å²) in [5, 5.41) is 3.27. The smallest absolute Gasteiger partial charge is 0.162 e. The van der Waals surface area contributed by atoms with Crippen molar-refractivity contribution >= 4 is 21.7 Å². The Balaban J connectivity index is 3.33. The summed E-state index contributed by atoms with van der Waals surface area (Å²) in [6.45, 7) is 13.7. The van der Waals surface area contributed by atoms with Crippen LogP contribution in [0.15, 0.2) is 4.47 Å². The lowest BCUT2D eigenvalue weighted by atomic mass is 10.1. The van der Waals surface area contributed by atoms with Crippen molar-refractivity contribution in [3.8, 4) is 0 Å². The van der Waals surface area contributed by atoms with E-state index in [4.69, 9.17) is 4.74 Å². The number of halogens is 1. The van der Waals surface area contributed by atoms with Gasteiger partial charge in [-0.15, -0.1) is 0 Å². The number of hydrogen-bond acceptors (Lipinski definition) is 4. The zero-order valence-electron chi connectivity index (χ0n) is 12.7. The normalized spacial score (nSPS) is 12.0. The van der Waals surface area contributed by atoms with Crippen molar-refractivity contribution in [1.82, 2.24) is 9.97 Å². The van der Waals surface area contributed by atoms with E-state index in [0.717, 1.165) is 28.4 Å². The second kappa shape index (κ2) is 6.66. The van der Waals surface area contributed by atoms with Gasteiger partial charge in [0.15, 0.2) is 5.82 Å². The van der Waals surface area contributed by atoms with Gasteiger partial charge >= 0.3 is 0 Å². The minimum absolute atomic E-state index is 0.325. The summed E-state index contributed by atoms with van der Waals surface area (Å²) >= 11 is 3.59. The molecular formula is C14H24BrN3O. The topological polar surface area (TPSA) is 47.0 Å². The molecule has 108 valence electrons. The van der Waals surface area contributed by atoms with Crippen molar-refractivity contribution in [2.45, 2.75) is 53.1 Å². The zero-order valence-corrected chi connectivity index (χ0v) is 14.3. The number of rotatable bonds is 6. The van der Waals surface area contributed by atoms with Gasteiger partial charge < -0.3 is 10.1 Å². The van der Waals surface area contributed by atoms with Crippen LogP contribution in [0.1, 0.15) is 59.0 Å². The minimum Gasteiger partial charge on any atom is -0.369 e. The van der Waals surface area contributed by atoms with Crippen LogP contribution in [0.3, 0.4) is 0 Å². The Morgan fingerprint density at radius 1 is 1.26 bits per heavy atom. The fourth-order valence-corrected chi connectivity index (χ4v) is 2.60. The highest BCUT2D eigenvalue weighted by Gasteiger charge is 2.27. The highest BCUT2D eigenvalue weighted by molar-refractivity contribution is 9.10. The molecule has 0 amide bonds. The molecule has 0 fully saturated rings. The third-order valence-corrected chi connectivity index (χ3v) is 3.59. The van der Waals surface area contributed by atoms with Gasteiger partial charge in [-0.05, 0) is 49.5 Å². The molecule has 1 N–H and O–H groups in total. The molecule has 1 aromatic rings. The number of ether oxygens (including phenoxy) is 1. The first-order valence-electron chi connectivity index (χ1n) is 6.79. The van der Waals surface area contributed by atoms with E-state index in [-0.39, 0.29) is 0 Å². The van der Waals surface area contributed by atoms with Crippen LogP contribution in [0.2, 0.25) is 0 Å². The maximum absolute atomic E-state index is 5.76. The second-order valence-electron chi connectivity index (χ2n) is 5.22. The van der Waals surface area contributed by atoms with E-state index in [2.05, 4.69) is 52.0 Å². The summed E-state index contributed by atoms with van der Waals surface area (Å²) in [7, 11) is 0. The van der Waals surface area contributed by atoms with Crippen molar-refractivity contribution in [2.24, 2.45) is 0 Å². The summed E-state index contributed by atoms with van der Waals surface area (Å²) in [5.41, 5.74) is 0.525. The van der Waals surface area contributed by atoms with Crippen LogP contribution < -0.4 is 5.32 Å². The Morgan fingerprint density at radius 3 is 2.37 bits per heavy atom. The summed E-state index contributed by atoms with van der Waals surface area (Å²) < 4.78 is 6.70. The number of nitrogens with one attached hydrogen (secondary N) is 1. The van der Waals surface area contributed by atoms with E-state index in [1.165, 1.54) is 0 Å². The van der Waals surface area contributed by atoms with Crippen molar-refractivity contribution < 1.29 is 4.74 Å². The lowest BCUT2D eigenvalue weighted by Crippen LogP contribution is -2.26. The van der Waals surface area contributed by atoms with E-state index in [0.29, 0.717) is 12.5 Å². The molecule has 1 aromatic heterocycles. The van der Waals surface area contributed by atoms with E-state index in [1.807, 2.05) is 20.8 Å². The molecule has 0 unspecified atom stereocenters. The molecule has 5 heteroatoms. The molecule has 1 heterocycles. The molecule has 0 aliphatic carbocycles. The standard InChI is InChI=1S/C14H24BrN3O/c1-7-16-12-10(15)11(9(3)4)17-13(18-12)14(5,6)19-8-2/h9H,7-8H2,1-6H3,(H,16,17,18). The van der Waals surface area contributed by atoms with Crippen LogP contribution >= 0.6 is 15.9 Å². The van der Waals surface area contributed by atoms with Crippen molar-refractivity contribution in [2.75, 3.05) is 18.5 Å². The molecular weight excluding hydrogens is 306 g/mol. The first kappa shape index (κ1) is 16.4. The van der Waals surface area contributed by atoms with E-state index in [9.17, 15) is 0 Å². The lowest BCUT2D eigenvalue weighted by molar-refractivity contribution is -0.0209. The monoisotopic (exact) mass is 329 g/mol. The average Bonchev–Trinajstić information content (AvgIpc) is 2.31. The van der Waals surface area contributed by atoms with Crippen LogP contribution in [0.5, 0.6) is 0 Å². The van der Waals surface area contributed by atoms with Gasteiger partial charge in [-0.25, -0.2) is 9.97 Å². The predicted molar refractivity (Wildman–Crippen MR) is 82.6 cm³/mol. The number of nitrogens with zero attached hydrogens (tertiary/aromatic N) is 2. The Labute approximate surface area is 124 Å². The van der Waals surface area contributed by atoms with Crippen molar-refractivity contribution in [1.29, 1.82) is 0 Å². The Kier molecular flexibility index (Phi) is 5.74. The third kappa shape index (κ3) is 3.89. The lowest BCUT2D eigenvalue weighted by Gasteiger charge is -2.25. The average molecular weight is 330 g/mol. The van der Waals surface area contributed by atoms with Crippen molar-refractivity contribution in [3.05, 3.63) is 16.0 Å². The second-order valence-corrected chi connectivity index (χ2v) is 6.02. The van der Waals surface area contributed by atoms with Gasteiger partial charge in [-0.1, -0.05) is 13.8 Å². The summed E-state index contributed by atoms with van der Waals surface area (Å²) in [5.74, 6) is 1.88. The Morgan fingerprint density at radius 2 is 1.89 bits per heavy atom.